The number of anilines is 1. The molecule has 1 amide bonds. The van der Waals surface area contributed by atoms with Crippen LogP contribution in [0.25, 0.3) is 11.3 Å². The van der Waals surface area contributed by atoms with Crippen molar-refractivity contribution in [3.05, 3.63) is 72.6 Å². The Morgan fingerprint density at radius 1 is 0.966 bits per heavy atom. The van der Waals surface area contributed by atoms with Gasteiger partial charge in [0, 0.05) is 43.4 Å². The number of benzene rings is 2. The predicted octanol–water partition coefficient (Wildman–Crippen LogP) is 3.50. The molecule has 1 aliphatic rings. The highest BCUT2D eigenvalue weighted by atomic mass is 16.5. The number of ether oxygens (including phenoxy) is 1. The molecule has 0 atom stereocenters. The highest BCUT2D eigenvalue weighted by molar-refractivity contribution is 5.94. The average Bonchev–Trinajstić information content (AvgIpc) is 2.80. The summed E-state index contributed by atoms with van der Waals surface area (Å²) >= 11 is 0. The molecule has 1 aromatic heterocycles. The first kappa shape index (κ1) is 18.9. The average molecular weight is 388 g/mol. The molecule has 148 valence electrons. The van der Waals surface area contributed by atoms with Crippen LogP contribution in [0.1, 0.15) is 17.3 Å². The second kappa shape index (κ2) is 8.73. The Bertz CT molecular complexity index is 952. The number of carbonyl (C=O) groups excluding carboxylic acids is 1. The van der Waals surface area contributed by atoms with Crippen molar-refractivity contribution in [2.24, 2.45) is 0 Å². The third kappa shape index (κ3) is 4.37. The van der Waals surface area contributed by atoms with E-state index >= 15 is 0 Å². The van der Waals surface area contributed by atoms with Gasteiger partial charge in [0.2, 0.25) is 0 Å². The van der Waals surface area contributed by atoms with Gasteiger partial charge in [-0.05, 0) is 43.3 Å². The lowest BCUT2D eigenvalue weighted by Gasteiger charge is -2.35. The Balaban J connectivity index is 1.42. The molecule has 6 nitrogen and oxygen atoms in total. The summed E-state index contributed by atoms with van der Waals surface area (Å²) in [5, 5.41) is 0. The molecule has 29 heavy (non-hydrogen) atoms. The van der Waals surface area contributed by atoms with Crippen molar-refractivity contribution in [3.8, 4) is 17.0 Å². The van der Waals surface area contributed by atoms with E-state index in [4.69, 9.17) is 4.74 Å². The van der Waals surface area contributed by atoms with Crippen molar-refractivity contribution >= 4 is 11.7 Å². The molecule has 2 aromatic carbocycles. The van der Waals surface area contributed by atoms with Crippen molar-refractivity contribution in [1.29, 1.82) is 0 Å². The molecule has 0 unspecified atom stereocenters. The second-order valence-corrected chi connectivity index (χ2v) is 6.86. The lowest BCUT2D eigenvalue weighted by Crippen LogP contribution is -2.49. The fraction of sp³-hybridized carbons (Fsp3) is 0.261. The summed E-state index contributed by atoms with van der Waals surface area (Å²) in [5.74, 6) is 1.82. The number of rotatable bonds is 5. The Labute approximate surface area is 170 Å². The minimum atomic E-state index is 0.0861. The van der Waals surface area contributed by atoms with Crippen LogP contribution in [0.5, 0.6) is 5.75 Å². The van der Waals surface area contributed by atoms with Gasteiger partial charge >= 0.3 is 0 Å². The highest BCUT2D eigenvalue weighted by Gasteiger charge is 2.23. The monoisotopic (exact) mass is 388 g/mol. The standard InChI is InChI=1S/C23H24N4O2/c1-2-29-20-10-8-18(9-11-20)21-16-22(25-17-24-21)26-12-14-27(15-13-26)23(28)19-6-4-3-5-7-19/h3-11,16-17H,2,12-15H2,1H3. The minimum Gasteiger partial charge on any atom is -0.494 e. The maximum atomic E-state index is 12.6. The molecule has 1 aliphatic heterocycles. The zero-order chi connectivity index (χ0) is 20.1. The lowest BCUT2D eigenvalue weighted by molar-refractivity contribution is 0.0746. The fourth-order valence-corrected chi connectivity index (χ4v) is 3.47. The quantitative estimate of drug-likeness (QED) is 0.670. The summed E-state index contributed by atoms with van der Waals surface area (Å²) in [4.78, 5) is 25.6. The van der Waals surface area contributed by atoms with Crippen LogP contribution in [0.4, 0.5) is 5.82 Å². The summed E-state index contributed by atoms with van der Waals surface area (Å²) in [6.07, 6.45) is 1.60. The number of hydrogen-bond donors (Lipinski definition) is 0. The zero-order valence-electron chi connectivity index (χ0n) is 16.5. The highest BCUT2D eigenvalue weighted by Crippen LogP contribution is 2.24. The molecule has 0 spiro atoms. The van der Waals surface area contributed by atoms with E-state index in [1.54, 1.807) is 6.33 Å². The van der Waals surface area contributed by atoms with Crippen molar-refractivity contribution in [1.82, 2.24) is 14.9 Å². The zero-order valence-corrected chi connectivity index (χ0v) is 16.5. The SMILES string of the molecule is CCOc1ccc(-c2cc(N3CCN(C(=O)c4ccccc4)CC3)ncn2)cc1. The minimum absolute atomic E-state index is 0.0861. The van der Waals surface area contributed by atoms with Crippen LogP contribution < -0.4 is 9.64 Å². The molecule has 1 fully saturated rings. The maximum Gasteiger partial charge on any atom is 0.253 e. The molecule has 0 N–H and O–H groups in total. The molecule has 3 aromatic rings. The van der Waals surface area contributed by atoms with Gasteiger partial charge in [-0.1, -0.05) is 18.2 Å². The van der Waals surface area contributed by atoms with Crippen LogP contribution in [0, 0.1) is 0 Å². The third-order valence-electron chi connectivity index (χ3n) is 5.03. The van der Waals surface area contributed by atoms with E-state index in [1.807, 2.05) is 72.5 Å². The van der Waals surface area contributed by atoms with Crippen LogP contribution >= 0.6 is 0 Å². The van der Waals surface area contributed by atoms with E-state index in [0.717, 1.165) is 41.5 Å². The van der Waals surface area contributed by atoms with E-state index in [-0.39, 0.29) is 5.91 Å². The van der Waals surface area contributed by atoms with Gasteiger partial charge in [0.15, 0.2) is 0 Å². The van der Waals surface area contributed by atoms with E-state index in [2.05, 4.69) is 14.9 Å². The number of hydrogen-bond acceptors (Lipinski definition) is 5. The summed E-state index contributed by atoms with van der Waals surface area (Å²) in [5.41, 5.74) is 2.64. The van der Waals surface area contributed by atoms with Gasteiger partial charge in [-0.2, -0.15) is 0 Å². The van der Waals surface area contributed by atoms with E-state index in [0.29, 0.717) is 19.7 Å². The topological polar surface area (TPSA) is 58.6 Å². The van der Waals surface area contributed by atoms with Gasteiger partial charge in [-0.15, -0.1) is 0 Å². The molecule has 0 bridgehead atoms. The van der Waals surface area contributed by atoms with Gasteiger partial charge in [0.1, 0.15) is 17.9 Å². The summed E-state index contributed by atoms with van der Waals surface area (Å²) in [6.45, 7) is 5.47. The smallest absolute Gasteiger partial charge is 0.253 e. The Hall–Kier alpha value is -3.41. The predicted molar refractivity (Wildman–Crippen MR) is 113 cm³/mol. The maximum absolute atomic E-state index is 12.6. The molecular weight excluding hydrogens is 364 g/mol. The Morgan fingerprint density at radius 3 is 2.38 bits per heavy atom. The van der Waals surface area contributed by atoms with Crippen molar-refractivity contribution in [2.45, 2.75) is 6.92 Å². The van der Waals surface area contributed by atoms with E-state index in [9.17, 15) is 4.79 Å². The number of aromatic nitrogens is 2. The van der Waals surface area contributed by atoms with E-state index in [1.165, 1.54) is 0 Å². The largest absolute Gasteiger partial charge is 0.494 e. The number of nitrogens with zero attached hydrogens (tertiary/aromatic N) is 4. The molecule has 0 aliphatic carbocycles. The molecule has 4 rings (SSSR count). The van der Waals surface area contributed by atoms with E-state index < -0.39 is 0 Å². The van der Waals surface area contributed by atoms with Crippen molar-refractivity contribution in [2.75, 3.05) is 37.7 Å². The second-order valence-electron chi connectivity index (χ2n) is 6.86. The van der Waals surface area contributed by atoms with Gasteiger partial charge in [-0.3, -0.25) is 4.79 Å². The van der Waals surface area contributed by atoms with Gasteiger partial charge in [-0.25, -0.2) is 9.97 Å². The van der Waals surface area contributed by atoms with Gasteiger partial charge in [0.05, 0.1) is 12.3 Å². The van der Waals surface area contributed by atoms with Crippen LogP contribution in [-0.4, -0.2) is 53.6 Å². The normalized spacial score (nSPS) is 14.0. The first-order chi connectivity index (χ1) is 14.2. The fourth-order valence-electron chi connectivity index (χ4n) is 3.47. The van der Waals surface area contributed by atoms with Crippen LogP contribution in [0.15, 0.2) is 67.0 Å². The van der Waals surface area contributed by atoms with Gasteiger partial charge in [0.25, 0.3) is 5.91 Å². The summed E-state index contributed by atoms with van der Waals surface area (Å²) in [7, 11) is 0. The summed E-state index contributed by atoms with van der Waals surface area (Å²) in [6, 6.07) is 19.4. The van der Waals surface area contributed by atoms with Crippen LogP contribution in [0.2, 0.25) is 0 Å². The first-order valence-electron chi connectivity index (χ1n) is 9.89. The van der Waals surface area contributed by atoms with Crippen molar-refractivity contribution in [3.63, 3.8) is 0 Å². The number of amides is 1. The third-order valence-corrected chi connectivity index (χ3v) is 5.03. The number of piperazine rings is 1. The summed E-state index contributed by atoms with van der Waals surface area (Å²) < 4.78 is 5.50. The lowest BCUT2D eigenvalue weighted by atomic mass is 10.1. The first-order valence-corrected chi connectivity index (χ1v) is 9.89. The molecule has 1 saturated heterocycles. The Morgan fingerprint density at radius 2 is 1.69 bits per heavy atom. The Kier molecular flexibility index (Phi) is 5.70. The van der Waals surface area contributed by atoms with Crippen LogP contribution in [0.3, 0.4) is 0 Å². The van der Waals surface area contributed by atoms with Gasteiger partial charge < -0.3 is 14.5 Å². The molecule has 2 heterocycles. The molecular formula is C23H24N4O2. The van der Waals surface area contributed by atoms with Crippen molar-refractivity contribution < 1.29 is 9.53 Å². The molecule has 0 radical (unpaired) electrons. The molecule has 6 heteroatoms. The number of carbonyl (C=O) groups is 1. The molecule has 0 saturated carbocycles. The van der Waals surface area contributed by atoms with Crippen LogP contribution in [-0.2, 0) is 0 Å².